The van der Waals surface area contributed by atoms with Crippen LogP contribution in [-0.4, -0.2) is 38.1 Å². The molecule has 0 saturated carbocycles. The van der Waals surface area contributed by atoms with Crippen molar-refractivity contribution in [1.29, 1.82) is 0 Å². The number of hydrogen-bond acceptors (Lipinski definition) is 7. The number of aromatic nitrogens is 5. The molecular formula is C20H14F3N7O. The van der Waals surface area contributed by atoms with Crippen LogP contribution in [0.2, 0.25) is 0 Å². The van der Waals surface area contributed by atoms with Crippen molar-refractivity contribution in [2.75, 3.05) is 17.7 Å². The van der Waals surface area contributed by atoms with Gasteiger partial charge in [-0.3, -0.25) is 14.8 Å². The number of rotatable bonds is 4. The van der Waals surface area contributed by atoms with E-state index < -0.39 is 17.8 Å². The van der Waals surface area contributed by atoms with Crippen LogP contribution in [0.25, 0.3) is 22.2 Å². The molecule has 1 amide bonds. The van der Waals surface area contributed by atoms with Crippen LogP contribution in [-0.2, 0) is 6.18 Å². The third-order valence-corrected chi connectivity index (χ3v) is 4.34. The van der Waals surface area contributed by atoms with Gasteiger partial charge in [-0.2, -0.15) is 23.4 Å². The van der Waals surface area contributed by atoms with E-state index in [0.29, 0.717) is 23.1 Å². The lowest BCUT2D eigenvalue weighted by molar-refractivity contribution is -0.141. The Morgan fingerprint density at radius 3 is 2.61 bits per heavy atom. The van der Waals surface area contributed by atoms with Crippen molar-refractivity contribution in [3.63, 3.8) is 0 Å². The van der Waals surface area contributed by atoms with Crippen molar-refractivity contribution in [2.45, 2.75) is 6.18 Å². The quantitative estimate of drug-likeness (QED) is 0.512. The third-order valence-electron chi connectivity index (χ3n) is 4.34. The summed E-state index contributed by atoms with van der Waals surface area (Å²) < 4.78 is 38.5. The molecule has 4 rings (SSSR count). The zero-order chi connectivity index (χ0) is 22.0. The number of nitrogens with zero attached hydrogens (tertiary/aromatic N) is 5. The number of pyridine rings is 3. The van der Waals surface area contributed by atoms with Gasteiger partial charge in [-0.1, -0.05) is 0 Å². The molecular weight excluding hydrogens is 411 g/mol. The van der Waals surface area contributed by atoms with E-state index in [2.05, 4.69) is 35.8 Å². The Kier molecular flexibility index (Phi) is 5.15. The zero-order valence-electron chi connectivity index (χ0n) is 16.0. The molecule has 0 fully saturated rings. The van der Waals surface area contributed by atoms with E-state index in [4.69, 9.17) is 0 Å². The molecule has 31 heavy (non-hydrogen) atoms. The van der Waals surface area contributed by atoms with Crippen molar-refractivity contribution in [2.24, 2.45) is 0 Å². The number of hydrogen-bond donors (Lipinski definition) is 2. The molecule has 2 N–H and O–H groups in total. The highest BCUT2D eigenvalue weighted by Crippen LogP contribution is 2.28. The SMILES string of the molecule is CNc1cc2ncc(-c3cc(NC(=O)c4ccnc(C(F)(F)F)c4)cnn3)cc2cn1. The van der Waals surface area contributed by atoms with Crippen LogP contribution in [0.3, 0.4) is 0 Å². The molecule has 11 heteroatoms. The fourth-order valence-electron chi connectivity index (χ4n) is 2.81. The van der Waals surface area contributed by atoms with Crippen molar-refractivity contribution in [3.8, 4) is 11.3 Å². The van der Waals surface area contributed by atoms with Crippen molar-refractivity contribution in [1.82, 2.24) is 25.1 Å². The molecule has 0 radical (unpaired) electrons. The standard InChI is InChI=1S/C20H14F3N7O/c1-24-18-7-15-12(9-27-18)4-13(8-26-15)16-6-14(10-28-30-16)29-19(31)11-2-3-25-17(5-11)20(21,22)23/h2-10H,1H3,(H,24,27)(H,29,30,31). The lowest BCUT2D eigenvalue weighted by Crippen LogP contribution is -2.15. The third kappa shape index (κ3) is 4.39. The monoisotopic (exact) mass is 425 g/mol. The Labute approximate surface area is 173 Å². The average Bonchev–Trinajstić information content (AvgIpc) is 2.78. The van der Waals surface area contributed by atoms with E-state index in [1.807, 2.05) is 6.07 Å². The average molecular weight is 425 g/mol. The van der Waals surface area contributed by atoms with Crippen LogP contribution in [0.15, 0.2) is 55.1 Å². The Bertz CT molecular complexity index is 1280. The van der Waals surface area contributed by atoms with Crippen LogP contribution in [0, 0.1) is 0 Å². The van der Waals surface area contributed by atoms with Gasteiger partial charge in [0, 0.05) is 48.2 Å². The van der Waals surface area contributed by atoms with Gasteiger partial charge in [-0.25, -0.2) is 4.98 Å². The number of fused-ring (bicyclic) bond motifs is 1. The van der Waals surface area contributed by atoms with Crippen molar-refractivity contribution in [3.05, 3.63) is 66.4 Å². The van der Waals surface area contributed by atoms with Gasteiger partial charge in [0.15, 0.2) is 0 Å². The van der Waals surface area contributed by atoms with E-state index in [1.54, 1.807) is 31.6 Å². The number of carbonyl (C=O) groups is 1. The number of alkyl halides is 3. The minimum atomic E-state index is -4.65. The molecule has 8 nitrogen and oxygen atoms in total. The van der Waals surface area contributed by atoms with Gasteiger partial charge in [0.05, 0.1) is 23.1 Å². The second-order valence-corrected chi connectivity index (χ2v) is 6.45. The van der Waals surface area contributed by atoms with E-state index in [-0.39, 0.29) is 11.3 Å². The molecule has 0 atom stereocenters. The van der Waals surface area contributed by atoms with Crippen LogP contribution < -0.4 is 10.6 Å². The first kappa shape index (κ1) is 20.1. The lowest BCUT2D eigenvalue weighted by Gasteiger charge is -2.09. The van der Waals surface area contributed by atoms with Crippen molar-refractivity contribution >= 4 is 28.3 Å². The molecule has 0 spiro atoms. The molecule has 4 aromatic heterocycles. The number of amides is 1. The molecule has 4 aromatic rings. The summed E-state index contributed by atoms with van der Waals surface area (Å²) in [6.07, 6.45) is 0.854. The number of halogens is 3. The maximum Gasteiger partial charge on any atom is 0.433 e. The largest absolute Gasteiger partial charge is 0.433 e. The van der Waals surface area contributed by atoms with Crippen LogP contribution in [0.5, 0.6) is 0 Å². The van der Waals surface area contributed by atoms with E-state index >= 15 is 0 Å². The molecule has 0 aliphatic heterocycles. The Morgan fingerprint density at radius 1 is 1.00 bits per heavy atom. The number of carbonyl (C=O) groups excluding carboxylic acids is 1. The van der Waals surface area contributed by atoms with E-state index in [1.165, 1.54) is 12.3 Å². The second kappa shape index (κ2) is 7.94. The summed E-state index contributed by atoms with van der Waals surface area (Å²) in [6.45, 7) is 0. The highest BCUT2D eigenvalue weighted by atomic mass is 19.4. The summed E-state index contributed by atoms with van der Waals surface area (Å²) in [7, 11) is 1.76. The molecule has 0 aliphatic rings. The molecule has 0 saturated heterocycles. The fourth-order valence-corrected chi connectivity index (χ4v) is 2.81. The number of anilines is 2. The van der Waals surface area contributed by atoms with E-state index in [9.17, 15) is 18.0 Å². The molecule has 0 aliphatic carbocycles. The predicted molar refractivity (Wildman–Crippen MR) is 107 cm³/mol. The van der Waals surface area contributed by atoms with Gasteiger partial charge in [0.25, 0.3) is 5.91 Å². The van der Waals surface area contributed by atoms with Gasteiger partial charge < -0.3 is 10.6 Å². The summed E-state index contributed by atoms with van der Waals surface area (Å²) in [5.41, 5.74) is 0.738. The summed E-state index contributed by atoms with van der Waals surface area (Å²) in [4.78, 5) is 24.3. The minimum Gasteiger partial charge on any atom is -0.373 e. The Morgan fingerprint density at radius 2 is 1.84 bits per heavy atom. The Hall–Kier alpha value is -4.15. The van der Waals surface area contributed by atoms with Crippen LogP contribution in [0.4, 0.5) is 24.7 Å². The summed E-state index contributed by atoms with van der Waals surface area (Å²) in [5, 5.41) is 14.1. The molecule has 0 unspecified atom stereocenters. The first-order valence-corrected chi connectivity index (χ1v) is 8.95. The summed E-state index contributed by atoms with van der Waals surface area (Å²) in [6, 6.07) is 7.05. The van der Waals surface area contributed by atoms with Gasteiger partial charge in [-0.15, -0.1) is 0 Å². The maximum atomic E-state index is 12.8. The van der Waals surface area contributed by atoms with Crippen molar-refractivity contribution < 1.29 is 18.0 Å². The topological polar surface area (TPSA) is 106 Å². The number of nitrogens with one attached hydrogen (secondary N) is 2. The maximum absolute atomic E-state index is 12.8. The molecule has 4 heterocycles. The Balaban J connectivity index is 1.59. The normalized spacial score (nSPS) is 11.4. The zero-order valence-corrected chi connectivity index (χ0v) is 16.0. The second-order valence-electron chi connectivity index (χ2n) is 6.45. The smallest absolute Gasteiger partial charge is 0.373 e. The predicted octanol–water partition coefficient (Wildman–Crippen LogP) is 3.79. The molecule has 156 valence electrons. The highest BCUT2D eigenvalue weighted by molar-refractivity contribution is 6.04. The van der Waals surface area contributed by atoms with Gasteiger partial charge >= 0.3 is 6.18 Å². The van der Waals surface area contributed by atoms with Gasteiger partial charge in [-0.05, 0) is 24.3 Å². The minimum absolute atomic E-state index is 0.181. The highest BCUT2D eigenvalue weighted by Gasteiger charge is 2.32. The fraction of sp³-hybridized carbons (Fsp3) is 0.100. The van der Waals surface area contributed by atoms with Gasteiger partial charge in [0.2, 0.25) is 0 Å². The summed E-state index contributed by atoms with van der Waals surface area (Å²) in [5.74, 6) is -0.0469. The first-order chi connectivity index (χ1) is 14.8. The first-order valence-electron chi connectivity index (χ1n) is 8.95. The lowest BCUT2D eigenvalue weighted by atomic mass is 10.1. The van der Waals surface area contributed by atoms with E-state index in [0.717, 1.165) is 17.1 Å². The summed E-state index contributed by atoms with van der Waals surface area (Å²) >= 11 is 0. The van der Waals surface area contributed by atoms with Gasteiger partial charge in [0.1, 0.15) is 11.5 Å². The van der Waals surface area contributed by atoms with Crippen LogP contribution in [0.1, 0.15) is 16.1 Å². The van der Waals surface area contributed by atoms with Crippen LogP contribution >= 0.6 is 0 Å². The molecule has 0 bridgehead atoms. The molecule has 0 aromatic carbocycles.